The fraction of sp³-hybridized carbons (Fsp3) is 0.692. The van der Waals surface area contributed by atoms with Gasteiger partial charge in [-0.05, 0) is 6.92 Å². The normalized spacial score (nSPS) is 16.3. The van der Waals surface area contributed by atoms with Gasteiger partial charge in [0.2, 0.25) is 0 Å². The van der Waals surface area contributed by atoms with Gasteiger partial charge in [0.15, 0.2) is 6.04 Å². The second-order valence-corrected chi connectivity index (χ2v) is 5.69. The van der Waals surface area contributed by atoms with Gasteiger partial charge in [0.25, 0.3) is 11.8 Å². The number of nitrogens with two attached hydrogens (primary N) is 2. The first-order valence-corrected chi connectivity index (χ1v) is 7.76. The van der Waals surface area contributed by atoms with Gasteiger partial charge in [0.1, 0.15) is 18.3 Å². The van der Waals surface area contributed by atoms with Crippen LogP contribution in [0.5, 0.6) is 0 Å². The molecule has 0 rings (SSSR count). The number of aliphatic hydroxyl groups is 3. The molecule has 11 N–H and O–H groups in total. The van der Waals surface area contributed by atoms with Crippen molar-refractivity contribution in [2.24, 2.45) is 11.5 Å². The number of aliphatic carboxylic acids is 1. The Bertz CT molecular complexity index is 543. The van der Waals surface area contributed by atoms with Gasteiger partial charge >= 0.3 is 12.0 Å². The summed E-state index contributed by atoms with van der Waals surface area (Å²) >= 11 is 0. The highest BCUT2D eigenvalue weighted by molar-refractivity contribution is 5.90. The number of carbonyl (C=O) groups excluding carboxylic acids is 3. The molecule has 0 aliphatic heterocycles. The van der Waals surface area contributed by atoms with Crippen LogP contribution < -0.4 is 27.5 Å². The number of carbonyl (C=O) groups is 4. The first-order valence-electron chi connectivity index (χ1n) is 7.76. The molecular formula is C13H26N6O8. The van der Waals surface area contributed by atoms with Crippen molar-refractivity contribution in [1.29, 1.82) is 0 Å². The standard InChI is InChI=1S/C13H26N6O8/c1-5(21)9(12(25)26)17-13(27)16-7(3-8(15)22)10(23)18-19(2)11(24)6(14)4-20/h5-9,20-22H,3-4,14-15H2,1-2H3,(H,18,23)(H,25,26)(H2,16,17,27). The van der Waals surface area contributed by atoms with Gasteiger partial charge in [-0.1, -0.05) is 0 Å². The molecule has 156 valence electrons. The van der Waals surface area contributed by atoms with E-state index in [1.807, 2.05) is 5.32 Å². The summed E-state index contributed by atoms with van der Waals surface area (Å²) in [5.74, 6) is -3.31. The molecular weight excluding hydrogens is 368 g/mol. The third kappa shape index (κ3) is 8.61. The molecule has 0 fully saturated rings. The zero-order valence-corrected chi connectivity index (χ0v) is 14.8. The van der Waals surface area contributed by atoms with Crippen molar-refractivity contribution in [3.8, 4) is 0 Å². The van der Waals surface area contributed by atoms with Crippen molar-refractivity contribution in [2.75, 3.05) is 13.7 Å². The largest absolute Gasteiger partial charge is 0.480 e. The first-order chi connectivity index (χ1) is 12.4. The Labute approximate surface area is 154 Å². The van der Waals surface area contributed by atoms with E-state index in [0.717, 1.165) is 14.0 Å². The zero-order valence-electron chi connectivity index (χ0n) is 14.8. The maximum Gasteiger partial charge on any atom is 0.328 e. The number of hydrazine groups is 1. The maximum atomic E-state index is 12.2. The quantitative estimate of drug-likeness (QED) is 0.133. The summed E-state index contributed by atoms with van der Waals surface area (Å²) in [5, 5.41) is 41.1. The first kappa shape index (κ1) is 24.5. The van der Waals surface area contributed by atoms with E-state index in [1.54, 1.807) is 0 Å². The van der Waals surface area contributed by atoms with E-state index >= 15 is 0 Å². The van der Waals surface area contributed by atoms with Crippen LogP contribution in [-0.2, 0) is 14.4 Å². The maximum absolute atomic E-state index is 12.2. The highest BCUT2D eigenvalue weighted by Gasteiger charge is 2.29. The molecule has 0 saturated heterocycles. The molecule has 14 nitrogen and oxygen atoms in total. The van der Waals surface area contributed by atoms with Crippen LogP contribution in [0.1, 0.15) is 13.3 Å². The number of hydrogen-bond acceptors (Lipinski definition) is 9. The van der Waals surface area contributed by atoms with Crippen LogP contribution in [0.4, 0.5) is 4.79 Å². The van der Waals surface area contributed by atoms with E-state index < -0.39 is 67.3 Å². The summed E-state index contributed by atoms with van der Waals surface area (Å²) in [7, 11) is 1.14. The SMILES string of the molecule is CC(O)C(NC(=O)NC(CC(N)O)C(=O)NN(C)C(=O)C(N)CO)C(=O)O. The Balaban J connectivity index is 5.05. The number of nitrogens with zero attached hydrogens (tertiary/aromatic N) is 1. The molecule has 0 aromatic rings. The van der Waals surface area contributed by atoms with Crippen LogP contribution in [0.2, 0.25) is 0 Å². The van der Waals surface area contributed by atoms with Gasteiger partial charge in [-0.25, -0.2) is 9.59 Å². The monoisotopic (exact) mass is 394 g/mol. The third-order valence-electron chi connectivity index (χ3n) is 3.26. The number of hydrogen-bond donors (Lipinski definition) is 9. The van der Waals surface area contributed by atoms with Crippen molar-refractivity contribution in [1.82, 2.24) is 21.1 Å². The molecule has 5 unspecified atom stereocenters. The van der Waals surface area contributed by atoms with Crippen molar-refractivity contribution < 1.29 is 39.6 Å². The smallest absolute Gasteiger partial charge is 0.328 e. The van der Waals surface area contributed by atoms with Gasteiger partial charge in [0.05, 0.1) is 12.7 Å². The summed E-state index contributed by atoms with van der Waals surface area (Å²) < 4.78 is 0. The van der Waals surface area contributed by atoms with E-state index in [4.69, 9.17) is 21.7 Å². The Morgan fingerprint density at radius 3 is 2.07 bits per heavy atom. The van der Waals surface area contributed by atoms with Crippen molar-refractivity contribution in [2.45, 2.75) is 43.8 Å². The summed E-state index contributed by atoms with van der Waals surface area (Å²) in [6, 6.07) is -5.53. The van der Waals surface area contributed by atoms with Gasteiger partial charge in [-0.15, -0.1) is 0 Å². The molecule has 0 aromatic carbocycles. The Morgan fingerprint density at radius 2 is 1.67 bits per heavy atom. The van der Waals surface area contributed by atoms with Crippen LogP contribution in [0, 0.1) is 0 Å². The molecule has 0 heterocycles. The number of carboxylic acid groups (broad SMARTS) is 1. The summed E-state index contributed by atoms with van der Waals surface area (Å²) in [6.45, 7) is 0.471. The molecule has 4 amide bonds. The van der Waals surface area contributed by atoms with Crippen molar-refractivity contribution >= 4 is 23.8 Å². The van der Waals surface area contributed by atoms with Crippen LogP contribution in [0.15, 0.2) is 0 Å². The minimum absolute atomic E-state index is 0.472. The summed E-state index contributed by atoms with van der Waals surface area (Å²) in [4.78, 5) is 46.8. The molecule has 0 radical (unpaired) electrons. The summed E-state index contributed by atoms with van der Waals surface area (Å²) in [6.07, 6.45) is -3.42. The fourth-order valence-corrected chi connectivity index (χ4v) is 1.83. The van der Waals surface area contributed by atoms with E-state index in [2.05, 4.69) is 10.7 Å². The highest BCUT2D eigenvalue weighted by Crippen LogP contribution is 1.99. The lowest BCUT2D eigenvalue weighted by Crippen LogP contribution is -2.59. The Hall–Kier alpha value is -2.52. The molecule has 5 atom stereocenters. The molecule has 0 spiro atoms. The second kappa shape index (κ2) is 11.2. The van der Waals surface area contributed by atoms with Gasteiger partial charge < -0.3 is 42.5 Å². The van der Waals surface area contributed by atoms with Gasteiger partial charge in [-0.2, -0.15) is 0 Å². The number of carboxylic acids is 1. The number of aliphatic hydroxyl groups excluding tert-OH is 3. The molecule has 0 aromatic heterocycles. The number of urea groups is 1. The zero-order chi connectivity index (χ0) is 21.3. The van der Waals surface area contributed by atoms with E-state index in [0.29, 0.717) is 5.01 Å². The Morgan fingerprint density at radius 1 is 1.11 bits per heavy atom. The molecule has 0 bridgehead atoms. The molecule has 14 heteroatoms. The van der Waals surface area contributed by atoms with E-state index in [-0.39, 0.29) is 0 Å². The van der Waals surface area contributed by atoms with Crippen LogP contribution in [0.3, 0.4) is 0 Å². The summed E-state index contributed by atoms with van der Waals surface area (Å²) in [5.41, 5.74) is 12.6. The van der Waals surface area contributed by atoms with Crippen LogP contribution in [-0.4, -0.2) is 93.4 Å². The lowest BCUT2D eigenvalue weighted by Gasteiger charge is -2.26. The molecule has 27 heavy (non-hydrogen) atoms. The fourth-order valence-electron chi connectivity index (χ4n) is 1.83. The van der Waals surface area contributed by atoms with Crippen molar-refractivity contribution in [3.63, 3.8) is 0 Å². The predicted octanol–water partition coefficient (Wildman–Crippen LogP) is -5.04. The second-order valence-electron chi connectivity index (χ2n) is 5.69. The van der Waals surface area contributed by atoms with E-state index in [1.165, 1.54) is 0 Å². The minimum atomic E-state index is -1.65. The van der Waals surface area contributed by atoms with Crippen molar-refractivity contribution in [3.05, 3.63) is 0 Å². The molecule has 0 saturated carbocycles. The average molecular weight is 394 g/mol. The third-order valence-corrected chi connectivity index (χ3v) is 3.26. The lowest BCUT2D eigenvalue weighted by atomic mass is 10.1. The van der Waals surface area contributed by atoms with Gasteiger partial charge in [-0.3, -0.25) is 20.0 Å². The highest BCUT2D eigenvalue weighted by atomic mass is 16.4. The topological polar surface area (TPSA) is 241 Å². The number of amides is 4. The number of rotatable bonds is 9. The number of likely N-dealkylation sites (N-methyl/N-ethyl adjacent to an activating group) is 1. The van der Waals surface area contributed by atoms with Gasteiger partial charge in [0, 0.05) is 13.5 Å². The lowest BCUT2D eigenvalue weighted by molar-refractivity contribution is -0.142. The van der Waals surface area contributed by atoms with E-state index in [9.17, 15) is 29.4 Å². The minimum Gasteiger partial charge on any atom is -0.480 e. The average Bonchev–Trinajstić information content (AvgIpc) is 2.56. The number of nitrogens with one attached hydrogen (secondary N) is 3. The molecule has 0 aliphatic carbocycles. The molecule has 0 aliphatic rings. The van der Waals surface area contributed by atoms with Crippen LogP contribution >= 0.6 is 0 Å². The predicted molar refractivity (Wildman–Crippen MR) is 89.3 cm³/mol. The Kier molecular flexibility index (Phi) is 10.2. The van der Waals surface area contributed by atoms with Crippen LogP contribution in [0.25, 0.3) is 0 Å².